The summed E-state index contributed by atoms with van der Waals surface area (Å²) in [5.41, 5.74) is 2.37. The molecule has 0 radical (unpaired) electrons. The van der Waals surface area contributed by atoms with Crippen molar-refractivity contribution in [3.05, 3.63) is 48.2 Å². The summed E-state index contributed by atoms with van der Waals surface area (Å²) in [7, 11) is 0. The number of aromatic nitrogens is 1. The van der Waals surface area contributed by atoms with Gasteiger partial charge in [0.15, 0.2) is 0 Å². The summed E-state index contributed by atoms with van der Waals surface area (Å²) < 4.78 is 5.47. The molecule has 3 heteroatoms. The minimum Gasteiger partial charge on any atom is -0.469 e. The third kappa shape index (κ3) is 1.69. The predicted octanol–water partition coefficient (Wildman–Crippen LogP) is 3.16. The third-order valence-corrected chi connectivity index (χ3v) is 3.05. The smallest absolute Gasteiger partial charge is 0.109 e. The van der Waals surface area contributed by atoms with E-state index in [2.05, 4.69) is 16.4 Å². The Hall–Kier alpha value is -1.77. The average Bonchev–Trinajstić information content (AvgIpc) is 2.80. The highest BCUT2D eigenvalue weighted by molar-refractivity contribution is 5.43. The van der Waals surface area contributed by atoms with E-state index in [9.17, 15) is 0 Å². The van der Waals surface area contributed by atoms with Gasteiger partial charge in [-0.3, -0.25) is 4.98 Å². The summed E-state index contributed by atoms with van der Waals surface area (Å²) in [6.45, 7) is 0. The second kappa shape index (κ2) is 4.00. The number of rotatable bonds is 2. The largest absolute Gasteiger partial charge is 0.469 e. The normalized spacial score (nSPS) is 19.1. The molecule has 3 nitrogen and oxygen atoms in total. The van der Waals surface area contributed by atoms with E-state index < -0.39 is 0 Å². The van der Waals surface area contributed by atoms with E-state index in [4.69, 9.17) is 4.42 Å². The van der Waals surface area contributed by atoms with Gasteiger partial charge in [0, 0.05) is 24.4 Å². The Labute approximate surface area is 94.5 Å². The molecule has 0 fully saturated rings. The van der Waals surface area contributed by atoms with Crippen molar-refractivity contribution in [3.8, 4) is 0 Å². The highest BCUT2D eigenvalue weighted by Gasteiger charge is 2.22. The zero-order chi connectivity index (χ0) is 10.8. The molecule has 0 bridgehead atoms. The maximum atomic E-state index is 5.47. The van der Waals surface area contributed by atoms with Gasteiger partial charge in [0.1, 0.15) is 5.76 Å². The monoisotopic (exact) mass is 214 g/mol. The number of anilines is 1. The molecular formula is C13H14N2O. The molecule has 2 aromatic rings. The lowest BCUT2D eigenvalue weighted by Crippen LogP contribution is -2.15. The number of hydrogen-bond acceptors (Lipinski definition) is 3. The summed E-state index contributed by atoms with van der Waals surface area (Å²) in [5.74, 6) is 1.13. The summed E-state index contributed by atoms with van der Waals surface area (Å²) >= 11 is 0. The number of hydrogen-bond donors (Lipinski definition) is 1. The van der Waals surface area contributed by atoms with Crippen LogP contribution in [-0.2, 0) is 6.42 Å². The molecule has 0 saturated heterocycles. The van der Waals surface area contributed by atoms with Crippen molar-refractivity contribution in [3.63, 3.8) is 0 Å². The number of pyridine rings is 1. The fraction of sp³-hybridized carbons (Fsp3) is 0.308. The van der Waals surface area contributed by atoms with Crippen molar-refractivity contribution in [2.75, 3.05) is 5.32 Å². The number of nitrogens with one attached hydrogen (secondary N) is 1. The molecule has 82 valence electrons. The summed E-state index contributed by atoms with van der Waals surface area (Å²) in [5, 5.41) is 3.50. The molecule has 0 amide bonds. The number of fused-ring (bicyclic) bond motifs is 1. The Kier molecular flexibility index (Phi) is 2.37. The highest BCUT2D eigenvalue weighted by Crippen LogP contribution is 2.32. The number of nitrogens with zero attached hydrogens (tertiary/aromatic N) is 1. The van der Waals surface area contributed by atoms with Crippen LogP contribution in [0.15, 0.2) is 41.3 Å². The quantitative estimate of drug-likeness (QED) is 0.834. The minimum atomic E-state index is 0.367. The topological polar surface area (TPSA) is 38.1 Å². The van der Waals surface area contributed by atoms with Crippen molar-refractivity contribution in [1.29, 1.82) is 0 Å². The first-order valence-corrected chi connectivity index (χ1v) is 5.66. The maximum absolute atomic E-state index is 5.47. The first-order valence-electron chi connectivity index (χ1n) is 5.66. The molecule has 1 aliphatic carbocycles. The highest BCUT2D eigenvalue weighted by atomic mass is 16.3. The third-order valence-electron chi connectivity index (χ3n) is 3.05. The van der Waals surface area contributed by atoms with Gasteiger partial charge in [0.05, 0.1) is 18.0 Å². The van der Waals surface area contributed by atoms with Gasteiger partial charge in [-0.1, -0.05) is 0 Å². The van der Waals surface area contributed by atoms with Crippen LogP contribution in [-0.4, -0.2) is 4.98 Å². The molecule has 0 spiro atoms. The first-order chi connectivity index (χ1) is 7.93. The number of aryl methyl sites for hydroxylation is 1. The van der Waals surface area contributed by atoms with Crippen LogP contribution in [0.5, 0.6) is 0 Å². The summed E-state index contributed by atoms with van der Waals surface area (Å²) in [6, 6.07) is 6.43. The fourth-order valence-corrected chi connectivity index (χ4v) is 2.29. The summed E-state index contributed by atoms with van der Waals surface area (Å²) in [4.78, 5) is 4.11. The Morgan fingerprint density at radius 1 is 1.38 bits per heavy atom. The van der Waals surface area contributed by atoms with Gasteiger partial charge in [-0.15, -0.1) is 0 Å². The van der Waals surface area contributed by atoms with Crippen molar-refractivity contribution < 1.29 is 4.42 Å². The molecule has 2 heterocycles. The van der Waals surface area contributed by atoms with Gasteiger partial charge in [-0.05, 0) is 31.0 Å². The molecule has 0 aromatic carbocycles. The van der Waals surface area contributed by atoms with Crippen molar-refractivity contribution in [2.24, 2.45) is 0 Å². The second-order valence-electron chi connectivity index (χ2n) is 4.13. The van der Waals surface area contributed by atoms with Gasteiger partial charge in [0.25, 0.3) is 0 Å². The standard InChI is InChI=1S/C13H14N2O/c1-4-12(11-6-8-16-13(11)5-1)15-10-3-2-7-14-9-10/h2-3,6-9,12,15H,1,4-5H2. The van der Waals surface area contributed by atoms with Crippen LogP contribution in [0.25, 0.3) is 0 Å². The molecule has 2 aromatic heterocycles. The summed E-state index contributed by atoms with van der Waals surface area (Å²) in [6.07, 6.45) is 8.82. The van der Waals surface area contributed by atoms with Crippen LogP contribution in [0, 0.1) is 0 Å². The molecule has 0 aliphatic heterocycles. The Morgan fingerprint density at radius 3 is 3.25 bits per heavy atom. The van der Waals surface area contributed by atoms with Gasteiger partial charge in [-0.2, -0.15) is 0 Å². The van der Waals surface area contributed by atoms with E-state index in [1.165, 1.54) is 12.0 Å². The van der Waals surface area contributed by atoms with Crippen LogP contribution < -0.4 is 5.32 Å². The molecule has 1 N–H and O–H groups in total. The Balaban J connectivity index is 1.83. The molecule has 16 heavy (non-hydrogen) atoms. The second-order valence-corrected chi connectivity index (χ2v) is 4.13. The lowest BCUT2D eigenvalue weighted by molar-refractivity contribution is 0.461. The van der Waals surface area contributed by atoms with Crippen molar-refractivity contribution in [2.45, 2.75) is 25.3 Å². The average molecular weight is 214 g/mol. The lowest BCUT2D eigenvalue weighted by atomic mass is 9.93. The van der Waals surface area contributed by atoms with Crippen LogP contribution in [0.1, 0.15) is 30.2 Å². The number of furan rings is 1. The first kappa shape index (κ1) is 9.46. The van der Waals surface area contributed by atoms with Gasteiger partial charge < -0.3 is 9.73 Å². The van der Waals surface area contributed by atoms with Crippen molar-refractivity contribution >= 4 is 5.69 Å². The zero-order valence-electron chi connectivity index (χ0n) is 9.02. The Bertz CT molecular complexity index is 464. The zero-order valence-corrected chi connectivity index (χ0v) is 9.02. The maximum Gasteiger partial charge on any atom is 0.109 e. The SMILES string of the molecule is c1cncc(NC2CCCc3occc32)c1. The molecule has 3 rings (SSSR count). The van der Waals surface area contributed by atoms with E-state index >= 15 is 0 Å². The molecular weight excluding hydrogens is 200 g/mol. The predicted molar refractivity (Wildman–Crippen MR) is 62.2 cm³/mol. The molecule has 1 unspecified atom stereocenters. The van der Waals surface area contributed by atoms with Gasteiger partial charge in [-0.25, -0.2) is 0 Å². The van der Waals surface area contributed by atoms with E-state index in [0.29, 0.717) is 6.04 Å². The molecule has 1 atom stereocenters. The molecule has 1 aliphatic rings. The van der Waals surface area contributed by atoms with Crippen LogP contribution in [0.2, 0.25) is 0 Å². The van der Waals surface area contributed by atoms with Gasteiger partial charge in [0.2, 0.25) is 0 Å². The van der Waals surface area contributed by atoms with E-state index in [1.807, 2.05) is 18.3 Å². The fourth-order valence-electron chi connectivity index (χ4n) is 2.29. The van der Waals surface area contributed by atoms with E-state index in [-0.39, 0.29) is 0 Å². The van der Waals surface area contributed by atoms with E-state index in [1.54, 1.807) is 12.5 Å². The molecule has 0 saturated carbocycles. The van der Waals surface area contributed by atoms with Crippen molar-refractivity contribution in [1.82, 2.24) is 4.98 Å². The Morgan fingerprint density at radius 2 is 2.38 bits per heavy atom. The van der Waals surface area contributed by atoms with Gasteiger partial charge >= 0.3 is 0 Å². The minimum absolute atomic E-state index is 0.367. The van der Waals surface area contributed by atoms with Crippen LogP contribution >= 0.6 is 0 Å². The van der Waals surface area contributed by atoms with Crippen LogP contribution in [0.4, 0.5) is 5.69 Å². The van der Waals surface area contributed by atoms with E-state index in [0.717, 1.165) is 24.3 Å². The lowest BCUT2D eigenvalue weighted by Gasteiger charge is -2.23. The van der Waals surface area contributed by atoms with Crippen LogP contribution in [0.3, 0.4) is 0 Å².